The Labute approximate surface area is 162 Å². The fraction of sp³-hybridized carbons (Fsp3) is 0.182. The van der Waals surface area contributed by atoms with Gasteiger partial charge in [-0.1, -0.05) is 36.4 Å². The third-order valence-electron chi connectivity index (χ3n) is 5.33. The molecule has 0 saturated carbocycles. The van der Waals surface area contributed by atoms with Gasteiger partial charge in [-0.25, -0.2) is 0 Å². The summed E-state index contributed by atoms with van der Waals surface area (Å²) in [6, 6.07) is 16.2. The Morgan fingerprint density at radius 2 is 1.96 bits per heavy atom. The number of carbonyl (C=O) groups is 1. The summed E-state index contributed by atoms with van der Waals surface area (Å²) < 4.78 is 0. The molecular formula is C22H19N5O. The van der Waals surface area contributed by atoms with E-state index in [0.29, 0.717) is 18.8 Å². The van der Waals surface area contributed by atoms with Crippen molar-refractivity contribution in [1.82, 2.24) is 25.1 Å². The number of likely N-dealkylation sites (tertiary alicyclic amines) is 1. The summed E-state index contributed by atoms with van der Waals surface area (Å²) in [5.74, 6) is 0.214. The number of aromatic amines is 1. The average molecular weight is 369 g/mol. The summed E-state index contributed by atoms with van der Waals surface area (Å²) >= 11 is 0. The number of hydrogen-bond acceptors (Lipinski definition) is 4. The standard InChI is InChI=1S/C22H19N5O/c28-22(27-10-7-18(14-27)21-13-23-8-9-24-21)20-12-19(25-26-20)17-6-5-15-3-1-2-4-16(15)11-17/h1-6,8-9,11-13,18H,7,10,14H2,(H,25,26). The number of fused-ring (bicyclic) bond motifs is 1. The number of hydrogen-bond donors (Lipinski definition) is 1. The van der Waals surface area contributed by atoms with Crippen LogP contribution in [0.15, 0.2) is 67.1 Å². The Morgan fingerprint density at radius 1 is 1.07 bits per heavy atom. The minimum Gasteiger partial charge on any atom is -0.337 e. The van der Waals surface area contributed by atoms with E-state index in [1.54, 1.807) is 18.6 Å². The quantitative estimate of drug-likeness (QED) is 0.598. The largest absolute Gasteiger partial charge is 0.337 e. The summed E-state index contributed by atoms with van der Waals surface area (Å²) in [6.07, 6.45) is 6.05. The van der Waals surface area contributed by atoms with Crippen molar-refractivity contribution < 1.29 is 4.79 Å². The van der Waals surface area contributed by atoms with Crippen LogP contribution in [0.1, 0.15) is 28.5 Å². The van der Waals surface area contributed by atoms with Gasteiger partial charge in [-0.2, -0.15) is 5.10 Å². The van der Waals surface area contributed by atoms with Gasteiger partial charge in [0.1, 0.15) is 5.69 Å². The molecule has 1 unspecified atom stereocenters. The minimum absolute atomic E-state index is 0.0223. The van der Waals surface area contributed by atoms with Gasteiger partial charge in [0.15, 0.2) is 0 Å². The summed E-state index contributed by atoms with van der Waals surface area (Å²) in [6.45, 7) is 1.37. The molecule has 0 radical (unpaired) electrons. The van der Waals surface area contributed by atoms with Crippen LogP contribution >= 0.6 is 0 Å². The second kappa shape index (κ2) is 6.88. The van der Waals surface area contributed by atoms with Crippen molar-refractivity contribution in [3.63, 3.8) is 0 Å². The van der Waals surface area contributed by atoms with Gasteiger partial charge in [-0.3, -0.25) is 19.9 Å². The Kier molecular flexibility index (Phi) is 4.09. The predicted octanol–water partition coefficient (Wildman–Crippen LogP) is 3.65. The molecule has 0 aliphatic carbocycles. The molecule has 1 atom stereocenters. The van der Waals surface area contributed by atoms with Gasteiger partial charge < -0.3 is 4.90 Å². The highest BCUT2D eigenvalue weighted by atomic mass is 16.2. The van der Waals surface area contributed by atoms with E-state index < -0.39 is 0 Å². The summed E-state index contributed by atoms with van der Waals surface area (Å²) in [4.78, 5) is 23.3. The van der Waals surface area contributed by atoms with Crippen molar-refractivity contribution >= 4 is 16.7 Å². The van der Waals surface area contributed by atoms with Gasteiger partial charge in [-0.05, 0) is 29.3 Å². The SMILES string of the molecule is O=C(c1cc(-c2ccc3ccccc3c2)n[nH]1)N1CCC(c2cnccn2)C1. The molecule has 2 aromatic carbocycles. The van der Waals surface area contributed by atoms with Crippen LogP contribution < -0.4 is 0 Å². The third kappa shape index (κ3) is 3.03. The highest BCUT2D eigenvalue weighted by molar-refractivity contribution is 5.94. The van der Waals surface area contributed by atoms with E-state index in [-0.39, 0.29) is 11.8 Å². The van der Waals surface area contributed by atoms with Crippen molar-refractivity contribution in [2.45, 2.75) is 12.3 Å². The molecular weight excluding hydrogens is 350 g/mol. The number of benzene rings is 2. The average Bonchev–Trinajstić information content (AvgIpc) is 3.44. The van der Waals surface area contributed by atoms with Crippen molar-refractivity contribution in [3.8, 4) is 11.3 Å². The van der Waals surface area contributed by atoms with Crippen molar-refractivity contribution in [2.24, 2.45) is 0 Å². The van der Waals surface area contributed by atoms with Crippen molar-refractivity contribution in [3.05, 3.63) is 78.5 Å². The molecule has 1 N–H and O–H groups in total. The van der Waals surface area contributed by atoms with Gasteiger partial charge in [0, 0.05) is 43.2 Å². The first-order valence-electron chi connectivity index (χ1n) is 9.38. The Bertz CT molecular complexity index is 1140. The molecule has 2 aromatic heterocycles. The molecule has 1 amide bonds. The van der Waals surface area contributed by atoms with Crippen LogP contribution in [0.25, 0.3) is 22.0 Å². The molecule has 6 heteroatoms. The van der Waals surface area contributed by atoms with Crippen molar-refractivity contribution in [1.29, 1.82) is 0 Å². The number of nitrogens with one attached hydrogen (secondary N) is 1. The van der Waals surface area contributed by atoms with E-state index in [4.69, 9.17) is 0 Å². The maximum Gasteiger partial charge on any atom is 0.271 e. The molecule has 28 heavy (non-hydrogen) atoms. The summed E-state index contributed by atoms with van der Waals surface area (Å²) in [7, 11) is 0. The van der Waals surface area contributed by atoms with Crippen LogP contribution in [-0.4, -0.2) is 44.1 Å². The second-order valence-electron chi connectivity index (χ2n) is 7.10. The normalized spacial score (nSPS) is 16.6. The fourth-order valence-corrected chi connectivity index (χ4v) is 3.81. The van der Waals surface area contributed by atoms with E-state index >= 15 is 0 Å². The number of H-pyrrole nitrogens is 1. The fourth-order valence-electron chi connectivity index (χ4n) is 3.81. The maximum atomic E-state index is 12.9. The molecule has 6 nitrogen and oxygen atoms in total. The lowest BCUT2D eigenvalue weighted by molar-refractivity contribution is 0.0785. The Hall–Kier alpha value is -3.54. The molecule has 0 bridgehead atoms. The lowest BCUT2D eigenvalue weighted by atomic mass is 10.0. The van der Waals surface area contributed by atoms with E-state index in [2.05, 4.69) is 44.4 Å². The van der Waals surface area contributed by atoms with Gasteiger partial charge in [-0.15, -0.1) is 0 Å². The van der Waals surface area contributed by atoms with E-state index in [9.17, 15) is 4.79 Å². The third-order valence-corrected chi connectivity index (χ3v) is 5.33. The number of aromatic nitrogens is 4. The second-order valence-corrected chi connectivity index (χ2v) is 7.10. The van der Waals surface area contributed by atoms with Gasteiger partial charge in [0.25, 0.3) is 5.91 Å². The first-order valence-corrected chi connectivity index (χ1v) is 9.38. The smallest absolute Gasteiger partial charge is 0.271 e. The first-order chi connectivity index (χ1) is 13.8. The topological polar surface area (TPSA) is 74.8 Å². The van der Waals surface area contributed by atoms with Crippen molar-refractivity contribution in [2.75, 3.05) is 13.1 Å². The monoisotopic (exact) mass is 369 g/mol. The zero-order chi connectivity index (χ0) is 18.9. The van der Waals surface area contributed by atoms with Crippen LogP contribution in [0.4, 0.5) is 0 Å². The first kappa shape index (κ1) is 16.6. The van der Waals surface area contributed by atoms with Crippen LogP contribution in [0, 0.1) is 0 Å². The maximum absolute atomic E-state index is 12.9. The predicted molar refractivity (Wildman–Crippen MR) is 107 cm³/mol. The van der Waals surface area contributed by atoms with Crippen LogP contribution in [0.5, 0.6) is 0 Å². The highest BCUT2D eigenvalue weighted by Gasteiger charge is 2.29. The Morgan fingerprint density at radius 3 is 2.82 bits per heavy atom. The molecule has 138 valence electrons. The molecule has 1 aliphatic rings. The number of nitrogens with zero attached hydrogens (tertiary/aromatic N) is 4. The number of amides is 1. The zero-order valence-corrected chi connectivity index (χ0v) is 15.2. The van der Waals surface area contributed by atoms with Gasteiger partial charge >= 0.3 is 0 Å². The molecule has 1 saturated heterocycles. The zero-order valence-electron chi connectivity index (χ0n) is 15.2. The van der Waals surface area contributed by atoms with E-state index in [0.717, 1.165) is 28.8 Å². The van der Waals surface area contributed by atoms with Crippen LogP contribution in [0.3, 0.4) is 0 Å². The molecule has 1 aliphatic heterocycles. The van der Waals surface area contributed by atoms with E-state index in [1.807, 2.05) is 29.2 Å². The lowest BCUT2D eigenvalue weighted by Crippen LogP contribution is -2.28. The van der Waals surface area contributed by atoms with Crippen LogP contribution in [-0.2, 0) is 0 Å². The molecule has 5 rings (SSSR count). The lowest BCUT2D eigenvalue weighted by Gasteiger charge is -2.15. The number of rotatable bonds is 3. The van der Waals surface area contributed by atoms with Gasteiger partial charge in [0.05, 0.1) is 11.4 Å². The molecule has 0 spiro atoms. The molecule has 4 aromatic rings. The summed E-state index contributed by atoms with van der Waals surface area (Å²) in [5, 5.41) is 9.62. The van der Waals surface area contributed by atoms with Crippen LogP contribution in [0.2, 0.25) is 0 Å². The Balaban J connectivity index is 1.35. The minimum atomic E-state index is -0.0223. The van der Waals surface area contributed by atoms with Gasteiger partial charge in [0.2, 0.25) is 0 Å². The number of carbonyl (C=O) groups excluding carboxylic acids is 1. The highest BCUT2D eigenvalue weighted by Crippen LogP contribution is 2.27. The van der Waals surface area contributed by atoms with E-state index in [1.165, 1.54) is 5.39 Å². The molecule has 1 fully saturated rings. The molecule has 3 heterocycles. The summed E-state index contributed by atoms with van der Waals surface area (Å²) in [5.41, 5.74) is 3.23.